The van der Waals surface area contributed by atoms with Crippen LogP contribution in [-0.4, -0.2) is 23.0 Å². The molecule has 0 aliphatic rings. The molecule has 1 heterocycles. The maximum absolute atomic E-state index is 12.2. The van der Waals surface area contributed by atoms with Crippen LogP contribution in [0.1, 0.15) is 25.1 Å². The summed E-state index contributed by atoms with van der Waals surface area (Å²) in [4.78, 5) is 28.8. The summed E-state index contributed by atoms with van der Waals surface area (Å²) < 4.78 is 5.25. The van der Waals surface area contributed by atoms with Crippen LogP contribution < -0.4 is 5.32 Å². The van der Waals surface area contributed by atoms with Gasteiger partial charge in [-0.1, -0.05) is 49.4 Å². The highest BCUT2D eigenvalue weighted by Gasteiger charge is 2.19. The van der Waals surface area contributed by atoms with Crippen molar-refractivity contribution in [2.75, 3.05) is 5.32 Å². The van der Waals surface area contributed by atoms with Crippen molar-refractivity contribution in [2.24, 2.45) is 0 Å². The van der Waals surface area contributed by atoms with Crippen molar-refractivity contribution in [3.05, 3.63) is 71.2 Å². The standard InChI is InChI=1S/C22H22N2O3S/c1-3-16-9-11-17(12-10-16)22-24-19(14-28-22)13-20(25)27-15(2)21(26)23-18-7-5-4-6-8-18/h4-12,14-15H,3,13H2,1-2H3,(H,23,26)/t15-/m1/s1. The number of rotatable bonds is 7. The number of thiazole rings is 1. The van der Waals surface area contributed by atoms with Crippen molar-refractivity contribution in [1.82, 2.24) is 4.98 Å². The molecule has 0 saturated heterocycles. The molecule has 6 heteroatoms. The largest absolute Gasteiger partial charge is 0.452 e. The smallest absolute Gasteiger partial charge is 0.312 e. The summed E-state index contributed by atoms with van der Waals surface area (Å²) in [7, 11) is 0. The van der Waals surface area contributed by atoms with E-state index in [1.54, 1.807) is 19.1 Å². The maximum atomic E-state index is 12.2. The monoisotopic (exact) mass is 394 g/mol. The molecule has 144 valence electrons. The molecule has 3 aromatic rings. The number of hydrogen-bond acceptors (Lipinski definition) is 5. The Morgan fingerprint density at radius 3 is 2.50 bits per heavy atom. The summed E-state index contributed by atoms with van der Waals surface area (Å²) in [5, 5.41) is 5.42. The van der Waals surface area contributed by atoms with Crippen LogP contribution >= 0.6 is 11.3 Å². The predicted molar refractivity (Wildman–Crippen MR) is 111 cm³/mol. The van der Waals surface area contributed by atoms with Gasteiger partial charge in [-0.25, -0.2) is 4.98 Å². The fourth-order valence-corrected chi connectivity index (χ4v) is 3.44. The second-order valence-corrected chi connectivity index (χ2v) is 7.22. The van der Waals surface area contributed by atoms with Gasteiger partial charge < -0.3 is 10.1 Å². The summed E-state index contributed by atoms with van der Waals surface area (Å²) in [6.45, 7) is 3.67. The zero-order chi connectivity index (χ0) is 19.9. The molecule has 0 saturated carbocycles. The summed E-state index contributed by atoms with van der Waals surface area (Å²) in [5.74, 6) is -0.844. The Balaban J connectivity index is 1.54. The number of nitrogens with one attached hydrogen (secondary N) is 1. The Kier molecular flexibility index (Phi) is 6.55. The average Bonchev–Trinajstić information content (AvgIpc) is 3.17. The van der Waals surface area contributed by atoms with E-state index in [9.17, 15) is 9.59 Å². The number of amides is 1. The van der Waals surface area contributed by atoms with Crippen molar-refractivity contribution >= 4 is 28.9 Å². The fraction of sp³-hybridized carbons (Fsp3) is 0.227. The number of benzene rings is 2. The highest BCUT2D eigenvalue weighted by molar-refractivity contribution is 7.13. The van der Waals surface area contributed by atoms with Crippen LogP contribution in [0.15, 0.2) is 60.0 Å². The van der Waals surface area contributed by atoms with E-state index in [2.05, 4.69) is 29.4 Å². The van der Waals surface area contributed by atoms with E-state index in [1.165, 1.54) is 16.9 Å². The first-order chi connectivity index (χ1) is 13.5. The minimum Gasteiger partial charge on any atom is -0.452 e. The van der Waals surface area contributed by atoms with E-state index in [-0.39, 0.29) is 12.3 Å². The lowest BCUT2D eigenvalue weighted by Gasteiger charge is -2.13. The number of ether oxygens (including phenoxy) is 1. The van der Waals surface area contributed by atoms with Gasteiger partial charge in [-0.2, -0.15) is 0 Å². The lowest BCUT2D eigenvalue weighted by Crippen LogP contribution is -2.30. The van der Waals surface area contributed by atoms with E-state index < -0.39 is 12.1 Å². The number of hydrogen-bond donors (Lipinski definition) is 1. The molecule has 28 heavy (non-hydrogen) atoms. The summed E-state index contributed by atoms with van der Waals surface area (Å²) >= 11 is 1.49. The first kappa shape index (κ1) is 19.8. The molecule has 3 rings (SSSR count). The van der Waals surface area contributed by atoms with Gasteiger partial charge >= 0.3 is 5.97 Å². The van der Waals surface area contributed by atoms with E-state index in [0.29, 0.717) is 11.4 Å². The molecular weight excluding hydrogens is 372 g/mol. The van der Waals surface area contributed by atoms with Gasteiger partial charge in [0.25, 0.3) is 5.91 Å². The van der Waals surface area contributed by atoms with E-state index in [0.717, 1.165) is 17.0 Å². The number of carbonyl (C=O) groups is 2. The Bertz CT molecular complexity index is 936. The van der Waals surface area contributed by atoms with Crippen molar-refractivity contribution in [3.63, 3.8) is 0 Å². The molecule has 0 bridgehead atoms. The summed E-state index contributed by atoms with van der Waals surface area (Å²) in [6.07, 6.45) is 0.144. The third-order valence-corrected chi connectivity index (χ3v) is 5.15. The van der Waals surface area contributed by atoms with Gasteiger partial charge in [0.1, 0.15) is 5.01 Å². The molecule has 1 aromatic heterocycles. The molecule has 0 unspecified atom stereocenters. The molecule has 0 fully saturated rings. The fourth-order valence-electron chi connectivity index (χ4n) is 2.61. The normalized spacial score (nSPS) is 11.6. The van der Waals surface area contributed by atoms with Crippen LogP contribution in [0.3, 0.4) is 0 Å². The van der Waals surface area contributed by atoms with Crippen molar-refractivity contribution in [1.29, 1.82) is 0 Å². The second kappa shape index (κ2) is 9.28. The van der Waals surface area contributed by atoms with E-state index in [4.69, 9.17) is 4.74 Å². The number of esters is 1. The van der Waals surface area contributed by atoms with Crippen LogP contribution in [0.5, 0.6) is 0 Å². The molecule has 0 spiro atoms. The third kappa shape index (κ3) is 5.27. The highest BCUT2D eigenvalue weighted by Crippen LogP contribution is 2.24. The molecule has 5 nitrogen and oxygen atoms in total. The van der Waals surface area contributed by atoms with Crippen molar-refractivity contribution < 1.29 is 14.3 Å². The molecule has 1 atom stereocenters. The number of nitrogens with zero attached hydrogens (tertiary/aromatic N) is 1. The lowest BCUT2D eigenvalue weighted by molar-refractivity contribution is -0.152. The molecule has 0 aliphatic carbocycles. The number of carbonyl (C=O) groups excluding carboxylic acids is 2. The maximum Gasteiger partial charge on any atom is 0.312 e. The first-order valence-corrected chi connectivity index (χ1v) is 10.0. The summed E-state index contributed by atoms with van der Waals surface area (Å²) in [5.41, 5.74) is 3.60. The topological polar surface area (TPSA) is 68.3 Å². The number of anilines is 1. The zero-order valence-electron chi connectivity index (χ0n) is 15.8. The summed E-state index contributed by atoms with van der Waals surface area (Å²) in [6, 6.07) is 17.3. The second-order valence-electron chi connectivity index (χ2n) is 6.36. The lowest BCUT2D eigenvalue weighted by atomic mass is 10.1. The number of aryl methyl sites for hydroxylation is 1. The molecule has 2 aromatic carbocycles. The highest BCUT2D eigenvalue weighted by atomic mass is 32.1. The van der Waals surface area contributed by atoms with Crippen LogP contribution in [0, 0.1) is 0 Å². The molecule has 0 aliphatic heterocycles. The minimum atomic E-state index is -0.882. The van der Waals surface area contributed by atoms with Crippen LogP contribution in [0.4, 0.5) is 5.69 Å². The van der Waals surface area contributed by atoms with Crippen LogP contribution in [0.25, 0.3) is 10.6 Å². The quantitative estimate of drug-likeness (QED) is 0.600. The van der Waals surface area contributed by atoms with Crippen LogP contribution in [0.2, 0.25) is 0 Å². The molecule has 0 radical (unpaired) electrons. The minimum absolute atomic E-state index is 0.0342. The molecule has 1 N–H and O–H groups in total. The van der Waals surface area contributed by atoms with Gasteiger partial charge in [0.15, 0.2) is 6.10 Å². The predicted octanol–water partition coefficient (Wildman–Crippen LogP) is 4.49. The van der Waals surface area contributed by atoms with Gasteiger partial charge in [0, 0.05) is 16.6 Å². The van der Waals surface area contributed by atoms with E-state index >= 15 is 0 Å². The first-order valence-electron chi connectivity index (χ1n) is 9.14. The Morgan fingerprint density at radius 1 is 1.11 bits per heavy atom. The number of para-hydroxylation sites is 1. The van der Waals surface area contributed by atoms with Crippen molar-refractivity contribution in [3.8, 4) is 10.6 Å². The number of aromatic nitrogens is 1. The van der Waals surface area contributed by atoms with Gasteiger partial charge in [0.05, 0.1) is 12.1 Å². The molecule has 1 amide bonds. The Morgan fingerprint density at radius 2 is 1.82 bits per heavy atom. The third-order valence-electron chi connectivity index (χ3n) is 4.21. The van der Waals surface area contributed by atoms with Crippen molar-refractivity contribution in [2.45, 2.75) is 32.8 Å². The van der Waals surface area contributed by atoms with Gasteiger partial charge in [-0.15, -0.1) is 11.3 Å². The molecular formula is C22H22N2O3S. The van der Waals surface area contributed by atoms with Crippen LogP contribution in [-0.2, 0) is 27.2 Å². The van der Waals surface area contributed by atoms with Gasteiger partial charge in [0.2, 0.25) is 0 Å². The van der Waals surface area contributed by atoms with Gasteiger partial charge in [-0.3, -0.25) is 9.59 Å². The Hall–Kier alpha value is -2.99. The average molecular weight is 394 g/mol. The zero-order valence-corrected chi connectivity index (χ0v) is 16.7. The Labute approximate surface area is 168 Å². The van der Waals surface area contributed by atoms with E-state index in [1.807, 2.05) is 35.7 Å². The van der Waals surface area contributed by atoms with Gasteiger partial charge in [-0.05, 0) is 31.0 Å². The SMILES string of the molecule is CCc1ccc(-c2nc(CC(=O)O[C@H](C)C(=O)Nc3ccccc3)cs2)cc1.